The molecule has 2 heterocycles. The largest absolute Gasteiger partial charge is 0.349 e. The van der Waals surface area contributed by atoms with Crippen LogP contribution in [0, 0.1) is 6.92 Å². The van der Waals surface area contributed by atoms with Crippen molar-refractivity contribution in [3.63, 3.8) is 0 Å². The van der Waals surface area contributed by atoms with Gasteiger partial charge in [0, 0.05) is 23.3 Å². The van der Waals surface area contributed by atoms with E-state index < -0.39 is 0 Å². The van der Waals surface area contributed by atoms with E-state index in [1.165, 1.54) is 0 Å². The fraction of sp³-hybridized carbons (Fsp3) is 0.455. The molecule has 4 heteroatoms. The number of aromatic nitrogens is 3. The molecule has 0 saturated heterocycles. The lowest BCUT2D eigenvalue weighted by Crippen LogP contribution is -2.24. The minimum absolute atomic E-state index is 0.182. The number of aromatic amines is 1. The van der Waals surface area contributed by atoms with Gasteiger partial charge in [-0.3, -0.25) is 4.57 Å². The molecule has 0 fully saturated rings. The second-order valence-electron chi connectivity index (χ2n) is 3.94. The summed E-state index contributed by atoms with van der Waals surface area (Å²) in [5.74, 6) is 0. The summed E-state index contributed by atoms with van der Waals surface area (Å²) in [7, 11) is 0. The van der Waals surface area contributed by atoms with E-state index in [1.54, 1.807) is 4.57 Å². The summed E-state index contributed by atoms with van der Waals surface area (Å²) in [6, 6.07) is 2.20. The second kappa shape index (κ2) is 3.53. The summed E-state index contributed by atoms with van der Waals surface area (Å²) < 4.78 is 1.69. The van der Waals surface area contributed by atoms with Crippen LogP contribution in [0.15, 0.2) is 17.1 Å². The van der Waals surface area contributed by atoms with Gasteiger partial charge in [-0.05, 0) is 26.3 Å². The quantitative estimate of drug-likeness (QED) is 0.815. The van der Waals surface area contributed by atoms with Gasteiger partial charge in [-0.1, -0.05) is 6.92 Å². The van der Waals surface area contributed by atoms with Gasteiger partial charge in [0.1, 0.15) is 5.65 Å². The van der Waals surface area contributed by atoms with Crippen LogP contribution in [-0.2, 0) is 0 Å². The maximum Gasteiger partial charge on any atom is 0.349 e. The molecule has 0 aliphatic rings. The number of nitrogens with zero attached hydrogens (tertiary/aromatic N) is 2. The number of H-pyrrole nitrogens is 1. The van der Waals surface area contributed by atoms with Crippen molar-refractivity contribution in [3.8, 4) is 0 Å². The van der Waals surface area contributed by atoms with E-state index in [9.17, 15) is 4.79 Å². The molecule has 2 rings (SSSR count). The zero-order valence-electron chi connectivity index (χ0n) is 9.24. The van der Waals surface area contributed by atoms with Gasteiger partial charge in [0.25, 0.3) is 0 Å². The molecule has 1 atom stereocenters. The van der Waals surface area contributed by atoms with Crippen LogP contribution in [0.2, 0.25) is 0 Å². The zero-order valence-corrected chi connectivity index (χ0v) is 9.24. The third-order valence-electron chi connectivity index (χ3n) is 2.73. The van der Waals surface area contributed by atoms with Crippen molar-refractivity contribution in [1.29, 1.82) is 0 Å². The van der Waals surface area contributed by atoms with Crippen LogP contribution < -0.4 is 5.69 Å². The highest BCUT2D eigenvalue weighted by Gasteiger charge is 2.07. The Bertz CT molecular complexity index is 538. The van der Waals surface area contributed by atoms with E-state index in [0.717, 1.165) is 17.5 Å². The van der Waals surface area contributed by atoms with Gasteiger partial charge in [-0.2, -0.15) is 4.98 Å². The van der Waals surface area contributed by atoms with Crippen molar-refractivity contribution >= 4 is 11.0 Å². The third-order valence-corrected chi connectivity index (χ3v) is 2.73. The molecule has 80 valence electrons. The van der Waals surface area contributed by atoms with Gasteiger partial charge in [0.05, 0.1) is 0 Å². The van der Waals surface area contributed by atoms with E-state index in [2.05, 4.69) is 16.9 Å². The van der Waals surface area contributed by atoms with E-state index in [1.807, 2.05) is 26.1 Å². The fourth-order valence-corrected chi connectivity index (χ4v) is 1.66. The molecule has 0 spiro atoms. The van der Waals surface area contributed by atoms with Gasteiger partial charge in [0.2, 0.25) is 0 Å². The normalized spacial score (nSPS) is 13.3. The molecule has 15 heavy (non-hydrogen) atoms. The molecule has 0 aliphatic carbocycles. The summed E-state index contributed by atoms with van der Waals surface area (Å²) in [5, 5.41) is 0.993. The Labute approximate surface area is 88.0 Å². The van der Waals surface area contributed by atoms with Crippen LogP contribution in [0.5, 0.6) is 0 Å². The Morgan fingerprint density at radius 1 is 1.60 bits per heavy atom. The average molecular weight is 205 g/mol. The Morgan fingerprint density at radius 2 is 2.33 bits per heavy atom. The van der Waals surface area contributed by atoms with Crippen LogP contribution in [-0.4, -0.2) is 14.5 Å². The highest BCUT2D eigenvalue weighted by atomic mass is 16.1. The van der Waals surface area contributed by atoms with Crippen molar-refractivity contribution in [2.75, 3.05) is 0 Å². The molecule has 0 saturated carbocycles. The van der Waals surface area contributed by atoms with Gasteiger partial charge in [0.15, 0.2) is 0 Å². The smallest absolute Gasteiger partial charge is 0.343 e. The first-order valence-electron chi connectivity index (χ1n) is 5.20. The summed E-state index contributed by atoms with van der Waals surface area (Å²) in [4.78, 5) is 18.8. The molecule has 2 aromatic rings. The fourth-order valence-electron chi connectivity index (χ4n) is 1.66. The van der Waals surface area contributed by atoms with E-state index in [0.29, 0.717) is 5.65 Å². The molecule has 0 radical (unpaired) electrons. The predicted molar refractivity (Wildman–Crippen MR) is 60.1 cm³/mol. The van der Waals surface area contributed by atoms with Crippen molar-refractivity contribution in [3.05, 3.63) is 28.4 Å². The highest BCUT2D eigenvalue weighted by molar-refractivity contribution is 5.75. The van der Waals surface area contributed by atoms with E-state index in [4.69, 9.17) is 0 Å². The van der Waals surface area contributed by atoms with Gasteiger partial charge < -0.3 is 4.98 Å². The van der Waals surface area contributed by atoms with Crippen LogP contribution >= 0.6 is 0 Å². The number of aryl methyl sites for hydroxylation is 1. The first-order valence-corrected chi connectivity index (χ1v) is 5.20. The average Bonchev–Trinajstić information content (AvgIpc) is 2.55. The molecule has 0 aliphatic heterocycles. The second-order valence-corrected chi connectivity index (χ2v) is 3.94. The van der Waals surface area contributed by atoms with E-state index in [-0.39, 0.29) is 11.7 Å². The van der Waals surface area contributed by atoms with Crippen LogP contribution in [0.3, 0.4) is 0 Å². The maximum absolute atomic E-state index is 11.7. The zero-order chi connectivity index (χ0) is 11.0. The Balaban J connectivity index is 2.66. The molecule has 1 unspecified atom stereocenters. The molecule has 0 aromatic carbocycles. The lowest BCUT2D eigenvalue weighted by molar-refractivity contribution is 0.507. The van der Waals surface area contributed by atoms with Crippen LogP contribution in [0.1, 0.15) is 32.0 Å². The summed E-state index contributed by atoms with van der Waals surface area (Å²) >= 11 is 0. The molecular formula is C11H15N3O. The van der Waals surface area contributed by atoms with Crippen molar-refractivity contribution in [2.24, 2.45) is 0 Å². The summed E-state index contributed by atoms with van der Waals surface area (Å²) in [6.45, 7) is 6.04. The lowest BCUT2D eigenvalue weighted by atomic mass is 10.2. The monoisotopic (exact) mass is 205 g/mol. The minimum atomic E-state index is -0.182. The third kappa shape index (κ3) is 1.67. The maximum atomic E-state index is 11.7. The first-order chi connectivity index (χ1) is 7.11. The topological polar surface area (TPSA) is 50.7 Å². The molecule has 1 N–H and O–H groups in total. The Hall–Kier alpha value is -1.58. The summed E-state index contributed by atoms with van der Waals surface area (Å²) in [6.07, 6.45) is 2.80. The number of hydrogen-bond donors (Lipinski definition) is 1. The molecule has 0 bridgehead atoms. The van der Waals surface area contributed by atoms with Crippen molar-refractivity contribution in [1.82, 2.24) is 14.5 Å². The van der Waals surface area contributed by atoms with E-state index >= 15 is 0 Å². The highest BCUT2D eigenvalue weighted by Crippen LogP contribution is 2.13. The van der Waals surface area contributed by atoms with Crippen molar-refractivity contribution < 1.29 is 0 Å². The van der Waals surface area contributed by atoms with Gasteiger partial charge in [-0.25, -0.2) is 4.79 Å². The number of rotatable bonds is 2. The Kier molecular flexibility index (Phi) is 2.34. The minimum Gasteiger partial charge on any atom is -0.343 e. The molecular weight excluding hydrogens is 190 g/mol. The molecule has 4 nitrogen and oxygen atoms in total. The number of nitrogens with one attached hydrogen (secondary N) is 1. The Morgan fingerprint density at radius 3 is 3.00 bits per heavy atom. The standard InChI is InChI=1S/C11H15N3O/c1-4-8(3)14-6-9-5-7(2)12-10(9)13-11(14)15/h5-6,8H,4H2,1-3H3,(H,12,13,15). The van der Waals surface area contributed by atoms with Crippen molar-refractivity contribution in [2.45, 2.75) is 33.2 Å². The SMILES string of the molecule is CCC(C)n1cc2cc(C)[nH]c2nc1=O. The predicted octanol–water partition coefficient (Wildman–Crippen LogP) is 2.00. The molecule has 2 aromatic heterocycles. The van der Waals surface area contributed by atoms with Crippen LogP contribution in [0.25, 0.3) is 11.0 Å². The first kappa shape index (κ1) is 9.96. The number of hydrogen-bond acceptors (Lipinski definition) is 2. The van der Waals surface area contributed by atoms with Gasteiger partial charge >= 0.3 is 5.69 Å². The lowest BCUT2D eigenvalue weighted by Gasteiger charge is -2.11. The summed E-state index contributed by atoms with van der Waals surface area (Å²) in [5.41, 5.74) is 1.52. The molecule has 0 amide bonds. The number of fused-ring (bicyclic) bond motifs is 1. The van der Waals surface area contributed by atoms with Gasteiger partial charge in [-0.15, -0.1) is 0 Å². The van der Waals surface area contributed by atoms with Crippen LogP contribution in [0.4, 0.5) is 0 Å².